The van der Waals surface area contributed by atoms with Gasteiger partial charge in [-0.2, -0.15) is 0 Å². The molecule has 3 nitrogen and oxygen atoms in total. The van der Waals surface area contributed by atoms with Crippen molar-refractivity contribution in [3.05, 3.63) is 29.3 Å². The molecule has 0 heterocycles. The number of Topliss-reactive ketones (excluding diaryl/α,β-unsaturated/α-hetero) is 1. The summed E-state index contributed by atoms with van der Waals surface area (Å²) in [5.74, 6) is -1.01. The Kier molecular flexibility index (Phi) is 5.21. The molecule has 1 unspecified atom stereocenters. The summed E-state index contributed by atoms with van der Waals surface area (Å²) in [6.45, 7) is 1.73. The molecule has 0 fully saturated rings. The summed E-state index contributed by atoms with van der Waals surface area (Å²) in [5, 5.41) is 8.90. The molecule has 1 rings (SSSR count). The third-order valence-corrected chi connectivity index (χ3v) is 3.55. The van der Waals surface area contributed by atoms with Crippen LogP contribution in [0.4, 0.5) is 0 Å². The van der Waals surface area contributed by atoms with Crippen molar-refractivity contribution < 1.29 is 14.7 Å². The van der Waals surface area contributed by atoms with Crippen molar-refractivity contribution in [2.24, 2.45) is 0 Å². The Morgan fingerprint density at radius 3 is 2.59 bits per heavy atom. The van der Waals surface area contributed by atoms with Crippen molar-refractivity contribution >= 4 is 39.4 Å². The number of carboxylic acids is 1. The van der Waals surface area contributed by atoms with Gasteiger partial charge in [-0.25, -0.2) is 0 Å². The highest BCUT2D eigenvalue weighted by molar-refractivity contribution is 9.10. The molecule has 0 amide bonds. The molecule has 0 aliphatic rings. The number of rotatable bonds is 5. The van der Waals surface area contributed by atoms with Crippen LogP contribution in [0.25, 0.3) is 0 Å². The molecular weight excluding hydrogens is 304 g/mol. The Labute approximate surface area is 113 Å². The maximum absolute atomic E-state index is 12.0. The first-order chi connectivity index (χ1) is 7.97. The molecule has 0 spiro atoms. The Bertz CT molecular complexity index is 443. The summed E-state index contributed by atoms with van der Waals surface area (Å²) in [5.41, 5.74) is 1.09. The smallest absolute Gasteiger partial charge is 0.307 e. The zero-order valence-electron chi connectivity index (χ0n) is 9.57. The van der Waals surface area contributed by atoms with Crippen molar-refractivity contribution in [1.82, 2.24) is 0 Å². The van der Waals surface area contributed by atoms with Crippen molar-refractivity contribution in [2.75, 3.05) is 6.26 Å². The van der Waals surface area contributed by atoms with E-state index in [9.17, 15) is 9.59 Å². The summed E-state index contributed by atoms with van der Waals surface area (Å²) < 4.78 is 0. The van der Waals surface area contributed by atoms with E-state index in [1.807, 2.05) is 12.3 Å². The number of hydrogen-bond donors (Lipinski definition) is 1. The second kappa shape index (κ2) is 6.21. The van der Waals surface area contributed by atoms with Gasteiger partial charge in [0.1, 0.15) is 0 Å². The standard InChI is InChI=1S/C12H13BrO3S/c1-7(13)12(16)8-4-3-5-10(17-2)9(8)6-11(14)15/h3-5,7H,6H2,1-2H3,(H,14,15). The van der Waals surface area contributed by atoms with E-state index in [4.69, 9.17) is 5.11 Å². The maximum Gasteiger partial charge on any atom is 0.307 e. The summed E-state index contributed by atoms with van der Waals surface area (Å²) >= 11 is 4.67. The minimum atomic E-state index is -0.928. The first-order valence-electron chi connectivity index (χ1n) is 5.03. The second-order valence-corrected chi connectivity index (χ2v) is 5.76. The fourth-order valence-electron chi connectivity index (χ4n) is 1.54. The predicted molar refractivity (Wildman–Crippen MR) is 72.3 cm³/mol. The Morgan fingerprint density at radius 2 is 2.12 bits per heavy atom. The summed E-state index contributed by atoms with van der Waals surface area (Å²) in [6, 6.07) is 5.29. The van der Waals surface area contributed by atoms with E-state index in [2.05, 4.69) is 15.9 Å². The molecule has 0 bridgehead atoms. The number of carbonyl (C=O) groups excluding carboxylic acids is 1. The molecule has 0 saturated carbocycles. The molecule has 1 N–H and O–H groups in total. The third kappa shape index (κ3) is 3.57. The maximum atomic E-state index is 12.0. The quantitative estimate of drug-likeness (QED) is 0.515. The van der Waals surface area contributed by atoms with Crippen LogP contribution in [0.15, 0.2) is 23.1 Å². The average Bonchev–Trinajstić information content (AvgIpc) is 2.27. The minimum Gasteiger partial charge on any atom is -0.481 e. The fraction of sp³-hybridized carbons (Fsp3) is 0.333. The molecule has 92 valence electrons. The second-order valence-electron chi connectivity index (χ2n) is 3.54. The third-order valence-electron chi connectivity index (χ3n) is 2.31. The van der Waals surface area contributed by atoms with Gasteiger partial charge >= 0.3 is 5.97 Å². The van der Waals surface area contributed by atoms with Crippen LogP contribution >= 0.6 is 27.7 Å². The highest BCUT2D eigenvalue weighted by Gasteiger charge is 2.19. The summed E-state index contributed by atoms with van der Waals surface area (Å²) in [7, 11) is 0. The van der Waals surface area contributed by atoms with E-state index in [-0.39, 0.29) is 17.0 Å². The van der Waals surface area contributed by atoms with Crippen molar-refractivity contribution in [2.45, 2.75) is 23.1 Å². The number of alkyl halides is 1. The molecule has 0 aliphatic heterocycles. The van der Waals surface area contributed by atoms with Crippen LogP contribution in [0.2, 0.25) is 0 Å². The van der Waals surface area contributed by atoms with Crippen LogP contribution in [-0.4, -0.2) is 27.9 Å². The number of carbonyl (C=O) groups is 2. The fourth-order valence-corrected chi connectivity index (χ4v) is 2.43. The monoisotopic (exact) mass is 316 g/mol. The van der Waals surface area contributed by atoms with Crippen molar-refractivity contribution in [1.29, 1.82) is 0 Å². The first-order valence-corrected chi connectivity index (χ1v) is 7.17. The normalized spacial score (nSPS) is 12.2. The first kappa shape index (κ1) is 14.3. The molecule has 1 aromatic carbocycles. The number of carboxylic acid groups (broad SMARTS) is 1. The predicted octanol–water partition coefficient (Wildman–Crippen LogP) is 3.00. The zero-order valence-corrected chi connectivity index (χ0v) is 12.0. The van der Waals surface area contributed by atoms with E-state index < -0.39 is 5.97 Å². The highest BCUT2D eigenvalue weighted by Crippen LogP contribution is 2.26. The topological polar surface area (TPSA) is 54.4 Å². The lowest BCUT2D eigenvalue weighted by atomic mass is 9.99. The van der Waals surface area contributed by atoms with Gasteiger partial charge in [0, 0.05) is 10.5 Å². The van der Waals surface area contributed by atoms with Crippen LogP contribution < -0.4 is 0 Å². The van der Waals surface area contributed by atoms with Gasteiger partial charge < -0.3 is 5.11 Å². The van der Waals surface area contributed by atoms with Crippen LogP contribution in [0.1, 0.15) is 22.8 Å². The van der Waals surface area contributed by atoms with Gasteiger partial charge in [0.2, 0.25) is 0 Å². The largest absolute Gasteiger partial charge is 0.481 e. The molecule has 1 aromatic rings. The number of benzene rings is 1. The van der Waals surface area contributed by atoms with E-state index in [0.29, 0.717) is 11.1 Å². The molecular formula is C12H13BrO3S. The van der Waals surface area contributed by atoms with Gasteiger partial charge in [0.15, 0.2) is 5.78 Å². The molecule has 0 radical (unpaired) electrons. The number of ketones is 1. The molecule has 5 heteroatoms. The van der Waals surface area contributed by atoms with Crippen LogP contribution in [-0.2, 0) is 11.2 Å². The Morgan fingerprint density at radius 1 is 1.47 bits per heavy atom. The number of halogens is 1. The molecule has 17 heavy (non-hydrogen) atoms. The van der Waals surface area contributed by atoms with Crippen molar-refractivity contribution in [3.8, 4) is 0 Å². The zero-order chi connectivity index (χ0) is 13.0. The average molecular weight is 317 g/mol. The van der Waals surface area contributed by atoms with E-state index in [0.717, 1.165) is 4.90 Å². The lowest BCUT2D eigenvalue weighted by Gasteiger charge is -2.12. The molecule has 0 aromatic heterocycles. The van der Waals surface area contributed by atoms with Gasteiger partial charge in [0.25, 0.3) is 0 Å². The summed E-state index contributed by atoms with van der Waals surface area (Å²) in [4.78, 5) is 23.3. The van der Waals surface area contributed by atoms with Gasteiger partial charge in [0.05, 0.1) is 11.2 Å². The van der Waals surface area contributed by atoms with E-state index in [1.165, 1.54) is 11.8 Å². The van der Waals surface area contributed by atoms with Crippen LogP contribution in [0.5, 0.6) is 0 Å². The number of thioether (sulfide) groups is 1. The molecule has 0 saturated heterocycles. The van der Waals surface area contributed by atoms with E-state index >= 15 is 0 Å². The van der Waals surface area contributed by atoms with Crippen LogP contribution in [0.3, 0.4) is 0 Å². The Hall–Kier alpha value is -0.810. The summed E-state index contributed by atoms with van der Waals surface area (Å²) in [6.07, 6.45) is 1.74. The van der Waals surface area contributed by atoms with E-state index in [1.54, 1.807) is 19.1 Å². The van der Waals surface area contributed by atoms with Gasteiger partial charge in [-0.15, -0.1) is 11.8 Å². The van der Waals surface area contributed by atoms with Gasteiger partial charge in [-0.3, -0.25) is 9.59 Å². The number of aliphatic carboxylic acids is 1. The van der Waals surface area contributed by atoms with Gasteiger partial charge in [-0.1, -0.05) is 28.1 Å². The highest BCUT2D eigenvalue weighted by atomic mass is 79.9. The lowest BCUT2D eigenvalue weighted by Crippen LogP contribution is -2.15. The van der Waals surface area contributed by atoms with Gasteiger partial charge in [-0.05, 0) is 24.8 Å². The SMILES string of the molecule is CSc1cccc(C(=O)C(C)Br)c1CC(=O)O. The Balaban J connectivity index is 3.28. The number of hydrogen-bond acceptors (Lipinski definition) is 3. The molecule has 0 aliphatic carbocycles. The van der Waals surface area contributed by atoms with Crippen LogP contribution in [0, 0.1) is 0 Å². The molecule has 1 atom stereocenters. The minimum absolute atomic E-state index is 0.0860. The lowest BCUT2D eigenvalue weighted by molar-refractivity contribution is -0.136. The van der Waals surface area contributed by atoms with Crippen molar-refractivity contribution in [3.63, 3.8) is 0 Å².